The van der Waals surface area contributed by atoms with Crippen LogP contribution in [-0.4, -0.2) is 134 Å². The molecule has 2 amide bonds. The average molecular weight is 910 g/mol. The number of nitrogens with two attached hydrogens (primary N) is 1. The minimum absolute atomic E-state index is 0.0710. The molecule has 0 aliphatic carbocycles. The highest BCUT2D eigenvalue weighted by atomic mass is 16.5. The van der Waals surface area contributed by atoms with Crippen LogP contribution in [0.3, 0.4) is 0 Å². The number of hydrogen-bond acceptors (Lipinski definition) is 12. The first-order chi connectivity index (χ1) is 32.0. The SMILES string of the molecule is CCN1CCN(c2ccc(CCCN)c(C(=O)NC(C)c3ccc(OC)c(OC)c3)c2)CC1.CCN1CCN(c2ccc(CCCO)c(C(=O)NC(C)c3ccc(OC)c(OC)c3)c2)CC1. The Morgan fingerprint density at radius 1 is 0.576 bits per heavy atom. The molecule has 2 saturated heterocycles. The second-order valence-electron chi connectivity index (χ2n) is 16.9. The van der Waals surface area contributed by atoms with Crippen molar-refractivity contribution in [2.75, 3.05) is 117 Å². The first-order valence-electron chi connectivity index (χ1n) is 23.6. The van der Waals surface area contributed by atoms with Crippen LogP contribution in [0.4, 0.5) is 11.4 Å². The summed E-state index contributed by atoms with van der Waals surface area (Å²) in [5.74, 6) is 2.42. The van der Waals surface area contributed by atoms with Gasteiger partial charge in [-0.05, 0) is 130 Å². The molecule has 6 rings (SSSR count). The van der Waals surface area contributed by atoms with Crippen LogP contribution in [0.2, 0.25) is 0 Å². The maximum Gasteiger partial charge on any atom is 0.252 e. The number of likely N-dealkylation sites (N-methyl/N-ethyl adjacent to an activating group) is 2. The molecule has 0 radical (unpaired) electrons. The van der Waals surface area contributed by atoms with E-state index in [4.69, 9.17) is 24.7 Å². The summed E-state index contributed by atoms with van der Waals surface area (Å²) in [4.78, 5) is 36.4. The molecule has 66 heavy (non-hydrogen) atoms. The maximum absolute atomic E-state index is 13.4. The molecule has 0 saturated carbocycles. The van der Waals surface area contributed by atoms with E-state index >= 15 is 0 Å². The van der Waals surface area contributed by atoms with Gasteiger partial charge in [0.15, 0.2) is 23.0 Å². The van der Waals surface area contributed by atoms with Crippen molar-refractivity contribution in [2.45, 2.75) is 65.5 Å². The molecule has 14 heteroatoms. The highest BCUT2D eigenvalue weighted by Gasteiger charge is 2.23. The minimum atomic E-state index is -0.209. The minimum Gasteiger partial charge on any atom is -0.493 e. The molecular formula is C52H75N7O7. The van der Waals surface area contributed by atoms with Gasteiger partial charge in [0.25, 0.3) is 11.8 Å². The third-order valence-electron chi connectivity index (χ3n) is 12.8. The number of amides is 2. The molecule has 2 aliphatic rings. The summed E-state index contributed by atoms with van der Waals surface area (Å²) in [6.45, 7) is 19.2. The second-order valence-corrected chi connectivity index (χ2v) is 16.9. The zero-order valence-electron chi connectivity index (χ0n) is 40.7. The molecule has 2 unspecified atom stereocenters. The van der Waals surface area contributed by atoms with Crippen LogP contribution < -0.4 is 45.1 Å². The van der Waals surface area contributed by atoms with Crippen molar-refractivity contribution in [1.29, 1.82) is 0 Å². The molecule has 360 valence electrons. The van der Waals surface area contributed by atoms with Crippen molar-refractivity contribution >= 4 is 23.2 Å². The smallest absolute Gasteiger partial charge is 0.252 e. The molecule has 4 aromatic rings. The van der Waals surface area contributed by atoms with Crippen LogP contribution in [-0.2, 0) is 12.8 Å². The Balaban J connectivity index is 0.000000247. The number of aliphatic hydroxyl groups is 1. The lowest BCUT2D eigenvalue weighted by Crippen LogP contribution is -2.46. The Morgan fingerprint density at radius 3 is 1.32 bits per heavy atom. The fourth-order valence-electron chi connectivity index (χ4n) is 8.55. The normalized spacial score (nSPS) is 15.2. The van der Waals surface area contributed by atoms with Gasteiger partial charge in [0, 0.05) is 81.5 Å². The van der Waals surface area contributed by atoms with E-state index in [0.29, 0.717) is 47.9 Å². The van der Waals surface area contributed by atoms with Gasteiger partial charge in [-0.15, -0.1) is 0 Å². The van der Waals surface area contributed by atoms with Crippen molar-refractivity contribution < 1.29 is 33.6 Å². The molecule has 2 atom stereocenters. The number of hydrogen-bond donors (Lipinski definition) is 4. The van der Waals surface area contributed by atoms with Crippen LogP contribution in [0, 0.1) is 0 Å². The molecule has 2 aliphatic heterocycles. The van der Waals surface area contributed by atoms with Gasteiger partial charge in [0.05, 0.1) is 40.5 Å². The number of carbonyl (C=O) groups excluding carboxylic acids is 2. The van der Waals surface area contributed by atoms with Crippen LogP contribution in [0.25, 0.3) is 0 Å². The molecule has 0 spiro atoms. The molecular weight excluding hydrogens is 835 g/mol. The van der Waals surface area contributed by atoms with Crippen molar-refractivity contribution in [3.05, 3.63) is 106 Å². The lowest BCUT2D eigenvalue weighted by molar-refractivity contribution is 0.0930. The number of benzene rings is 4. The Hall–Kier alpha value is -5.54. The Morgan fingerprint density at radius 2 is 0.970 bits per heavy atom. The number of nitrogens with one attached hydrogen (secondary N) is 2. The summed E-state index contributed by atoms with van der Waals surface area (Å²) in [7, 11) is 6.43. The number of ether oxygens (including phenoxy) is 4. The zero-order chi connectivity index (χ0) is 47.6. The number of anilines is 2. The lowest BCUT2D eigenvalue weighted by Gasteiger charge is -2.35. The van der Waals surface area contributed by atoms with Gasteiger partial charge in [-0.1, -0.05) is 38.1 Å². The third kappa shape index (κ3) is 13.8. The van der Waals surface area contributed by atoms with E-state index in [2.05, 4.69) is 62.3 Å². The number of aryl methyl sites for hydroxylation is 2. The number of methoxy groups -OCH3 is 4. The second kappa shape index (κ2) is 26.0. The van der Waals surface area contributed by atoms with E-state index in [1.165, 1.54) is 0 Å². The zero-order valence-corrected chi connectivity index (χ0v) is 40.7. The lowest BCUT2D eigenvalue weighted by atomic mass is 9.99. The van der Waals surface area contributed by atoms with Gasteiger partial charge in [0.1, 0.15) is 0 Å². The summed E-state index contributed by atoms with van der Waals surface area (Å²) in [6, 6.07) is 23.4. The predicted octanol–water partition coefficient (Wildman–Crippen LogP) is 6.49. The Labute approximate surface area is 393 Å². The van der Waals surface area contributed by atoms with Crippen molar-refractivity contribution in [3.8, 4) is 23.0 Å². The summed E-state index contributed by atoms with van der Waals surface area (Å²) in [5, 5.41) is 15.6. The maximum atomic E-state index is 13.4. The van der Waals surface area contributed by atoms with Gasteiger partial charge in [0.2, 0.25) is 0 Å². The fourth-order valence-corrected chi connectivity index (χ4v) is 8.55. The molecule has 2 fully saturated rings. The van der Waals surface area contributed by atoms with E-state index in [1.54, 1.807) is 28.4 Å². The molecule has 2 heterocycles. The number of aliphatic hydroxyl groups excluding tert-OH is 1. The fraction of sp³-hybridized carbons (Fsp3) is 0.500. The van der Waals surface area contributed by atoms with Crippen molar-refractivity contribution in [3.63, 3.8) is 0 Å². The summed E-state index contributed by atoms with van der Waals surface area (Å²) >= 11 is 0. The first-order valence-corrected chi connectivity index (χ1v) is 23.6. The van der Waals surface area contributed by atoms with E-state index in [1.807, 2.05) is 68.4 Å². The van der Waals surface area contributed by atoms with Crippen LogP contribution in [0.5, 0.6) is 23.0 Å². The highest BCUT2D eigenvalue weighted by molar-refractivity contribution is 5.97. The molecule has 14 nitrogen and oxygen atoms in total. The summed E-state index contributed by atoms with van der Waals surface area (Å²) in [5.41, 5.74) is 13.2. The quantitative estimate of drug-likeness (QED) is 0.0767. The van der Waals surface area contributed by atoms with E-state index in [9.17, 15) is 14.7 Å². The van der Waals surface area contributed by atoms with Gasteiger partial charge >= 0.3 is 0 Å². The van der Waals surface area contributed by atoms with Crippen LogP contribution in [0.15, 0.2) is 72.8 Å². The molecule has 4 aromatic carbocycles. The van der Waals surface area contributed by atoms with Gasteiger partial charge in [-0.25, -0.2) is 0 Å². The average Bonchev–Trinajstić information content (AvgIpc) is 3.36. The van der Waals surface area contributed by atoms with Crippen LogP contribution in [0.1, 0.15) is 95.6 Å². The molecule has 0 aromatic heterocycles. The monoisotopic (exact) mass is 910 g/mol. The predicted molar refractivity (Wildman–Crippen MR) is 265 cm³/mol. The Bertz CT molecular complexity index is 2000. The number of nitrogens with zero attached hydrogens (tertiary/aromatic N) is 4. The summed E-state index contributed by atoms with van der Waals surface area (Å²) in [6.07, 6.45) is 2.92. The number of carbonyl (C=O) groups is 2. The molecule has 0 bridgehead atoms. The van der Waals surface area contributed by atoms with Gasteiger partial charge < -0.3 is 60.0 Å². The number of piperazine rings is 2. The van der Waals surface area contributed by atoms with Crippen molar-refractivity contribution in [1.82, 2.24) is 20.4 Å². The van der Waals surface area contributed by atoms with Crippen molar-refractivity contribution in [2.24, 2.45) is 5.73 Å². The van der Waals surface area contributed by atoms with Crippen LogP contribution >= 0.6 is 0 Å². The van der Waals surface area contributed by atoms with Gasteiger partial charge in [-0.3, -0.25) is 9.59 Å². The highest BCUT2D eigenvalue weighted by Crippen LogP contribution is 2.32. The molecule has 5 N–H and O–H groups in total. The first kappa shape index (κ1) is 51.4. The third-order valence-corrected chi connectivity index (χ3v) is 12.8. The van der Waals surface area contributed by atoms with Gasteiger partial charge in [-0.2, -0.15) is 0 Å². The number of rotatable bonds is 20. The standard InChI is InChI=1S/C26H38N4O3.C26H37N3O4/c1-5-29-13-15-30(16-14-29)22-10-8-20(7-6-12-27)23(18-22)26(31)28-19(2)21-9-11-24(32-3)25(17-21)33-4;1-5-28-12-14-29(15-13-28)22-10-8-20(7-6-16-30)23(18-22)26(31)27-19(2)21-9-11-24(32-3)25(17-21)33-4/h8-11,17-19H,5-7,12-16,27H2,1-4H3,(H,28,31);8-11,17-19,30H,5-7,12-16H2,1-4H3,(H,27,31). The summed E-state index contributed by atoms with van der Waals surface area (Å²) < 4.78 is 21.5. The largest absolute Gasteiger partial charge is 0.493 e. The Kier molecular flexibility index (Phi) is 20.2. The van der Waals surface area contributed by atoms with E-state index in [-0.39, 0.29) is 30.5 Å². The van der Waals surface area contributed by atoms with E-state index < -0.39 is 0 Å². The van der Waals surface area contributed by atoms with E-state index in [0.717, 1.165) is 117 Å². The topological polar surface area (TPSA) is 154 Å².